The van der Waals surface area contributed by atoms with E-state index in [9.17, 15) is 4.79 Å². The summed E-state index contributed by atoms with van der Waals surface area (Å²) in [5.41, 5.74) is 0.540. The number of carbonyl (C=O) groups is 1. The number of oxazole rings is 1. The van der Waals surface area contributed by atoms with E-state index >= 15 is 0 Å². The van der Waals surface area contributed by atoms with Crippen LogP contribution >= 0.6 is 0 Å². The minimum Gasteiger partial charge on any atom is -0.475 e. The Labute approximate surface area is 106 Å². The lowest BCUT2D eigenvalue weighted by molar-refractivity contribution is -0.0256. The fourth-order valence-electron chi connectivity index (χ4n) is 2.35. The fourth-order valence-corrected chi connectivity index (χ4v) is 2.35. The molecule has 5 nitrogen and oxygen atoms in total. The van der Waals surface area contributed by atoms with Gasteiger partial charge in [0.1, 0.15) is 0 Å². The monoisotopic (exact) mass is 253 g/mol. The average molecular weight is 253 g/mol. The molecule has 1 aromatic rings. The summed E-state index contributed by atoms with van der Waals surface area (Å²) in [6, 6.07) is 0. The van der Waals surface area contributed by atoms with Crippen molar-refractivity contribution in [3.63, 3.8) is 0 Å². The number of carboxylic acids is 1. The first-order chi connectivity index (χ1) is 8.63. The van der Waals surface area contributed by atoms with E-state index in [-0.39, 0.29) is 5.76 Å². The molecule has 18 heavy (non-hydrogen) atoms. The second kappa shape index (κ2) is 5.52. The molecule has 2 rings (SSSR count). The Kier molecular flexibility index (Phi) is 4.01. The highest BCUT2D eigenvalue weighted by Crippen LogP contribution is 2.33. The lowest BCUT2D eigenvalue weighted by Crippen LogP contribution is -2.32. The first-order valence-electron chi connectivity index (χ1n) is 6.47. The van der Waals surface area contributed by atoms with E-state index in [0.717, 1.165) is 19.4 Å². The maximum atomic E-state index is 10.9. The van der Waals surface area contributed by atoms with Crippen LogP contribution in [0.4, 0.5) is 0 Å². The van der Waals surface area contributed by atoms with Crippen molar-refractivity contribution < 1.29 is 19.1 Å². The molecule has 0 aromatic carbocycles. The Morgan fingerprint density at radius 1 is 1.50 bits per heavy atom. The van der Waals surface area contributed by atoms with E-state index < -0.39 is 5.97 Å². The minimum atomic E-state index is -1.04. The van der Waals surface area contributed by atoms with E-state index in [2.05, 4.69) is 4.98 Å². The zero-order valence-corrected chi connectivity index (χ0v) is 10.8. The molecule has 1 N–H and O–H groups in total. The van der Waals surface area contributed by atoms with Crippen molar-refractivity contribution in [2.24, 2.45) is 5.92 Å². The number of hydrogen-bond acceptors (Lipinski definition) is 4. The molecular weight excluding hydrogens is 234 g/mol. The lowest BCUT2D eigenvalue weighted by Gasteiger charge is -2.34. The van der Waals surface area contributed by atoms with Crippen LogP contribution in [0.5, 0.6) is 0 Å². The summed E-state index contributed by atoms with van der Waals surface area (Å²) in [5.74, 6) is 0.00957. The summed E-state index contributed by atoms with van der Waals surface area (Å²) in [4.78, 5) is 15.2. The normalized spacial score (nSPS) is 22.8. The first kappa shape index (κ1) is 13.1. The number of nitrogens with zero attached hydrogens (tertiary/aromatic N) is 1. The number of rotatable bonds is 6. The predicted octanol–water partition coefficient (Wildman–Crippen LogP) is 2.29. The third-order valence-corrected chi connectivity index (χ3v) is 3.33. The maximum absolute atomic E-state index is 10.9. The Hall–Kier alpha value is -1.36. The summed E-state index contributed by atoms with van der Waals surface area (Å²) >= 11 is 0. The van der Waals surface area contributed by atoms with Crippen molar-refractivity contribution >= 4 is 5.97 Å². The number of hydrogen-bond donors (Lipinski definition) is 1. The van der Waals surface area contributed by atoms with Gasteiger partial charge in [-0.15, -0.1) is 0 Å². The lowest BCUT2D eigenvalue weighted by atomic mass is 9.80. The Bertz CT molecular complexity index is 421. The van der Waals surface area contributed by atoms with Gasteiger partial charge in [0.25, 0.3) is 0 Å². The van der Waals surface area contributed by atoms with Gasteiger partial charge in [-0.1, -0.05) is 6.92 Å². The molecule has 0 aliphatic heterocycles. The molecule has 0 atom stereocenters. The largest absolute Gasteiger partial charge is 0.475 e. The summed E-state index contributed by atoms with van der Waals surface area (Å²) < 4.78 is 10.8. The minimum absolute atomic E-state index is 0.00631. The number of ether oxygens (including phenoxy) is 1. The van der Waals surface area contributed by atoms with E-state index in [1.807, 2.05) is 13.8 Å². The van der Waals surface area contributed by atoms with Crippen LogP contribution in [0.15, 0.2) is 4.42 Å². The highest BCUT2D eigenvalue weighted by molar-refractivity contribution is 5.85. The molecule has 100 valence electrons. The van der Waals surface area contributed by atoms with Crippen molar-refractivity contribution in [1.82, 2.24) is 4.98 Å². The smallest absolute Gasteiger partial charge is 0.373 e. The molecule has 0 bridgehead atoms. The van der Waals surface area contributed by atoms with Crippen LogP contribution in [0.1, 0.15) is 48.8 Å². The van der Waals surface area contributed by atoms with Gasteiger partial charge in [-0.2, -0.15) is 0 Å². The fraction of sp³-hybridized carbons (Fsp3) is 0.692. The first-order valence-corrected chi connectivity index (χ1v) is 6.47. The number of aromatic carboxylic acids is 1. The van der Waals surface area contributed by atoms with Crippen LogP contribution in [-0.4, -0.2) is 28.8 Å². The molecular formula is C13H19NO4. The second-order valence-corrected chi connectivity index (χ2v) is 4.66. The summed E-state index contributed by atoms with van der Waals surface area (Å²) in [7, 11) is 0. The summed E-state index contributed by atoms with van der Waals surface area (Å²) in [6.07, 6.45) is 3.68. The highest BCUT2D eigenvalue weighted by atomic mass is 16.5. The van der Waals surface area contributed by atoms with Crippen molar-refractivity contribution in [3.05, 3.63) is 17.3 Å². The van der Waals surface area contributed by atoms with Gasteiger partial charge in [0, 0.05) is 13.0 Å². The second-order valence-electron chi connectivity index (χ2n) is 4.66. The summed E-state index contributed by atoms with van der Waals surface area (Å²) in [6.45, 7) is 4.62. The zero-order chi connectivity index (χ0) is 13.1. The number of aryl methyl sites for hydroxylation is 1. The van der Waals surface area contributed by atoms with Gasteiger partial charge in [0.2, 0.25) is 5.76 Å². The van der Waals surface area contributed by atoms with Crippen molar-refractivity contribution in [2.75, 3.05) is 6.61 Å². The van der Waals surface area contributed by atoms with Gasteiger partial charge >= 0.3 is 5.97 Å². The molecule has 1 fully saturated rings. The van der Waals surface area contributed by atoms with Crippen LogP contribution in [-0.2, 0) is 17.6 Å². The zero-order valence-electron chi connectivity index (χ0n) is 10.8. The third-order valence-electron chi connectivity index (χ3n) is 3.33. The standard InChI is InChI=1S/C13H19NO4/c1-3-10-12(13(15)16)18-11(14-10)7-8-5-9(6-8)17-4-2/h8-9H,3-7H2,1-2H3,(H,15,16). The van der Waals surface area contributed by atoms with Gasteiger partial charge in [-0.25, -0.2) is 9.78 Å². The van der Waals surface area contributed by atoms with Crippen LogP contribution in [0.3, 0.4) is 0 Å². The average Bonchev–Trinajstić information content (AvgIpc) is 2.69. The number of carboxylic acid groups (broad SMARTS) is 1. The maximum Gasteiger partial charge on any atom is 0.373 e. The molecule has 0 unspecified atom stereocenters. The Morgan fingerprint density at radius 2 is 2.22 bits per heavy atom. The van der Waals surface area contributed by atoms with Crippen LogP contribution in [0, 0.1) is 5.92 Å². The van der Waals surface area contributed by atoms with Crippen LogP contribution in [0.2, 0.25) is 0 Å². The third kappa shape index (κ3) is 2.72. The molecule has 1 saturated carbocycles. The van der Waals surface area contributed by atoms with Gasteiger partial charge in [-0.05, 0) is 32.1 Å². The molecule has 5 heteroatoms. The van der Waals surface area contributed by atoms with Crippen LogP contribution < -0.4 is 0 Å². The van der Waals surface area contributed by atoms with Crippen LogP contribution in [0.25, 0.3) is 0 Å². The van der Waals surface area contributed by atoms with E-state index in [1.54, 1.807) is 0 Å². The van der Waals surface area contributed by atoms with Gasteiger partial charge in [0.05, 0.1) is 11.8 Å². The molecule has 0 spiro atoms. The van der Waals surface area contributed by atoms with Gasteiger partial charge < -0.3 is 14.3 Å². The molecule has 1 aliphatic carbocycles. The Balaban J connectivity index is 1.93. The Morgan fingerprint density at radius 3 is 2.72 bits per heavy atom. The molecule has 1 heterocycles. The predicted molar refractivity (Wildman–Crippen MR) is 64.7 cm³/mol. The molecule has 0 amide bonds. The molecule has 1 aliphatic rings. The van der Waals surface area contributed by atoms with E-state index in [1.165, 1.54) is 0 Å². The quantitative estimate of drug-likeness (QED) is 0.842. The topological polar surface area (TPSA) is 72.6 Å². The van der Waals surface area contributed by atoms with Crippen molar-refractivity contribution in [2.45, 2.75) is 45.6 Å². The van der Waals surface area contributed by atoms with E-state index in [4.69, 9.17) is 14.3 Å². The number of aromatic nitrogens is 1. The summed E-state index contributed by atoms with van der Waals surface area (Å²) in [5, 5.41) is 8.97. The molecule has 0 saturated heterocycles. The molecule has 0 radical (unpaired) electrons. The van der Waals surface area contributed by atoms with Crippen molar-refractivity contribution in [1.29, 1.82) is 0 Å². The van der Waals surface area contributed by atoms with Gasteiger partial charge in [-0.3, -0.25) is 0 Å². The highest BCUT2D eigenvalue weighted by Gasteiger charge is 2.31. The SMILES string of the molecule is CCOC1CC(Cc2nc(CC)c(C(=O)O)o2)C1. The van der Waals surface area contributed by atoms with Crippen molar-refractivity contribution in [3.8, 4) is 0 Å². The molecule has 1 aromatic heterocycles. The van der Waals surface area contributed by atoms with E-state index in [0.29, 0.717) is 36.4 Å². The van der Waals surface area contributed by atoms with Gasteiger partial charge in [0.15, 0.2) is 5.89 Å².